The Labute approximate surface area is 234 Å². The van der Waals surface area contributed by atoms with Crippen LogP contribution >= 0.6 is 0 Å². The van der Waals surface area contributed by atoms with Crippen LogP contribution in [0.2, 0.25) is 0 Å². The molecule has 40 heavy (non-hydrogen) atoms. The zero-order valence-corrected chi connectivity index (χ0v) is 23.2. The molecule has 7 nitrogen and oxygen atoms in total. The summed E-state index contributed by atoms with van der Waals surface area (Å²) < 4.78 is 18.4. The molecule has 1 saturated heterocycles. The zero-order chi connectivity index (χ0) is 27.9. The molecule has 1 aliphatic heterocycles. The van der Waals surface area contributed by atoms with Crippen molar-refractivity contribution in [3.8, 4) is 11.1 Å². The van der Waals surface area contributed by atoms with Crippen LogP contribution in [-0.4, -0.2) is 47.5 Å². The average molecular weight is 533 g/mol. The molecule has 1 aliphatic carbocycles. The van der Waals surface area contributed by atoms with Gasteiger partial charge in [-0.05, 0) is 73.1 Å². The number of nitrogens with one attached hydrogen (secondary N) is 1. The van der Waals surface area contributed by atoms with Crippen molar-refractivity contribution in [2.45, 2.75) is 44.8 Å². The van der Waals surface area contributed by atoms with E-state index in [1.807, 2.05) is 76.2 Å². The van der Waals surface area contributed by atoms with Crippen LogP contribution in [0.4, 0.5) is 4.79 Å². The summed E-state index contributed by atoms with van der Waals surface area (Å²) in [7, 11) is -0.628. The monoisotopic (exact) mass is 533 g/mol. The number of hydrogen-bond acceptors (Lipinski definition) is 6. The lowest BCUT2D eigenvalue weighted by Gasteiger charge is -2.32. The quantitative estimate of drug-likeness (QED) is 0.298. The molecule has 0 saturated carbocycles. The molecule has 4 aromatic rings. The lowest BCUT2D eigenvalue weighted by atomic mass is 9.77. The fourth-order valence-corrected chi connectivity index (χ4v) is 5.30. The number of hydrogen-bond donors (Lipinski definition) is 1. The maximum Gasteiger partial charge on any atom is 0.492 e. The summed E-state index contributed by atoms with van der Waals surface area (Å²) >= 11 is 0. The Morgan fingerprint density at radius 1 is 0.900 bits per heavy atom. The first-order chi connectivity index (χ1) is 19.2. The second-order valence-corrected chi connectivity index (χ2v) is 11.3. The molecule has 0 spiro atoms. The van der Waals surface area contributed by atoms with Gasteiger partial charge in [0, 0.05) is 24.9 Å². The fourth-order valence-electron chi connectivity index (χ4n) is 5.30. The topological polar surface area (TPSA) is 82.6 Å². The summed E-state index contributed by atoms with van der Waals surface area (Å²) in [5, 5.41) is 2.93. The van der Waals surface area contributed by atoms with Crippen LogP contribution in [0.25, 0.3) is 28.2 Å². The first kappa shape index (κ1) is 26.2. The maximum atomic E-state index is 13.0. The number of aromatic nitrogens is 2. The molecule has 2 aliphatic rings. The SMILES string of the molecule is CC1(C)OB(C(=Cc2ccc3nccnc3c2)CNC(=O)OCC2c3ccccc3-c3ccccc32)OC1(C)C. The van der Waals surface area contributed by atoms with Gasteiger partial charge in [-0.1, -0.05) is 60.7 Å². The van der Waals surface area contributed by atoms with Gasteiger partial charge < -0.3 is 19.4 Å². The third kappa shape index (κ3) is 4.89. The third-order valence-corrected chi connectivity index (χ3v) is 8.18. The number of amides is 1. The summed E-state index contributed by atoms with van der Waals surface area (Å²) in [6.45, 7) is 8.49. The predicted octanol–water partition coefficient (Wildman–Crippen LogP) is 6.18. The highest BCUT2D eigenvalue weighted by Crippen LogP contribution is 2.44. The summed E-state index contributed by atoms with van der Waals surface area (Å²) in [5.41, 5.74) is 6.98. The highest BCUT2D eigenvalue weighted by molar-refractivity contribution is 6.56. The minimum Gasteiger partial charge on any atom is -0.449 e. The summed E-state index contributed by atoms with van der Waals surface area (Å²) in [5.74, 6) is -0.00466. The summed E-state index contributed by atoms with van der Waals surface area (Å²) in [6.07, 6.45) is 4.82. The lowest BCUT2D eigenvalue weighted by Crippen LogP contribution is -2.41. The van der Waals surface area contributed by atoms with E-state index in [1.165, 1.54) is 22.3 Å². The molecule has 0 unspecified atom stereocenters. The molecular formula is C32H32BN3O4. The normalized spacial score (nSPS) is 17.5. The van der Waals surface area contributed by atoms with Crippen molar-refractivity contribution in [3.05, 3.63) is 101 Å². The molecule has 1 N–H and O–H groups in total. The Balaban J connectivity index is 1.19. The lowest BCUT2D eigenvalue weighted by molar-refractivity contribution is 0.00578. The largest absolute Gasteiger partial charge is 0.492 e. The average Bonchev–Trinajstić information content (AvgIpc) is 3.38. The predicted molar refractivity (Wildman–Crippen MR) is 157 cm³/mol. The smallest absolute Gasteiger partial charge is 0.449 e. The van der Waals surface area contributed by atoms with Gasteiger partial charge in [-0.2, -0.15) is 0 Å². The number of alkyl carbamates (subject to hydrolysis) is 1. The van der Waals surface area contributed by atoms with Gasteiger partial charge in [0.15, 0.2) is 0 Å². The van der Waals surface area contributed by atoms with Gasteiger partial charge in [-0.25, -0.2) is 4.79 Å². The molecule has 6 rings (SSSR count). The van der Waals surface area contributed by atoms with Gasteiger partial charge in [-0.15, -0.1) is 0 Å². The second-order valence-electron chi connectivity index (χ2n) is 11.3. The number of carbonyl (C=O) groups is 1. The maximum absolute atomic E-state index is 13.0. The van der Waals surface area contributed by atoms with Gasteiger partial charge in [0.2, 0.25) is 0 Å². The van der Waals surface area contributed by atoms with Gasteiger partial charge in [0.1, 0.15) is 6.61 Å². The fraction of sp³-hybridized carbons (Fsp3) is 0.281. The molecule has 2 heterocycles. The molecule has 1 fully saturated rings. The van der Waals surface area contributed by atoms with E-state index in [4.69, 9.17) is 14.0 Å². The number of benzene rings is 3. The van der Waals surface area contributed by atoms with Crippen LogP contribution in [-0.2, 0) is 14.0 Å². The standard InChI is InChI=1S/C32H32BN3O4/c1-31(2)32(3,4)40-33(39-31)22(17-21-13-14-28-29(18-21)35-16-15-34-28)19-36-30(37)38-20-27-25-11-7-5-9-23(25)24-10-6-8-12-26(24)27/h5-18,27H,19-20H2,1-4H3,(H,36,37). The van der Waals surface area contributed by atoms with E-state index in [9.17, 15) is 4.79 Å². The van der Waals surface area contributed by atoms with Crippen molar-refractivity contribution in [1.82, 2.24) is 15.3 Å². The molecule has 0 bridgehead atoms. The third-order valence-electron chi connectivity index (χ3n) is 8.18. The van der Waals surface area contributed by atoms with E-state index < -0.39 is 24.4 Å². The van der Waals surface area contributed by atoms with E-state index in [1.54, 1.807) is 12.4 Å². The van der Waals surface area contributed by atoms with E-state index in [0.717, 1.165) is 22.1 Å². The first-order valence-corrected chi connectivity index (χ1v) is 13.6. The second kappa shape index (κ2) is 10.2. The van der Waals surface area contributed by atoms with E-state index in [2.05, 4.69) is 39.6 Å². The van der Waals surface area contributed by atoms with Crippen LogP contribution in [0.3, 0.4) is 0 Å². The van der Waals surface area contributed by atoms with Gasteiger partial charge in [0.25, 0.3) is 0 Å². The molecular weight excluding hydrogens is 501 g/mol. The summed E-state index contributed by atoms with van der Waals surface area (Å²) in [6, 6.07) is 22.4. The Bertz CT molecular complexity index is 1560. The number of rotatable bonds is 6. The van der Waals surface area contributed by atoms with Crippen molar-refractivity contribution < 1.29 is 18.8 Å². The van der Waals surface area contributed by atoms with Gasteiger partial charge in [0.05, 0.1) is 22.2 Å². The highest BCUT2D eigenvalue weighted by atomic mass is 16.7. The van der Waals surface area contributed by atoms with Crippen molar-refractivity contribution >= 4 is 30.3 Å². The highest BCUT2D eigenvalue weighted by Gasteiger charge is 2.52. The number of nitrogens with zero attached hydrogens (tertiary/aromatic N) is 2. The van der Waals surface area contributed by atoms with E-state index in [0.29, 0.717) is 0 Å². The zero-order valence-electron chi connectivity index (χ0n) is 23.2. The number of fused-ring (bicyclic) bond motifs is 4. The van der Waals surface area contributed by atoms with Crippen molar-refractivity contribution in [3.63, 3.8) is 0 Å². The number of carbonyl (C=O) groups excluding carboxylic acids is 1. The van der Waals surface area contributed by atoms with Crippen LogP contribution in [0.1, 0.15) is 50.3 Å². The van der Waals surface area contributed by atoms with Crippen LogP contribution in [0, 0.1) is 0 Å². The molecule has 8 heteroatoms. The van der Waals surface area contributed by atoms with Crippen molar-refractivity contribution in [2.75, 3.05) is 13.2 Å². The Hall–Kier alpha value is -4.01. The first-order valence-electron chi connectivity index (χ1n) is 13.6. The molecule has 1 amide bonds. The molecule has 1 aromatic heterocycles. The molecule has 0 atom stereocenters. The van der Waals surface area contributed by atoms with Crippen LogP contribution < -0.4 is 5.32 Å². The van der Waals surface area contributed by atoms with E-state index in [-0.39, 0.29) is 19.1 Å². The van der Waals surface area contributed by atoms with Gasteiger partial charge >= 0.3 is 13.2 Å². The van der Waals surface area contributed by atoms with Crippen LogP contribution in [0.15, 0.2) is 84.6 Å². The van der Waals surface area contributed by atoms with Crippen molar-refractivity contribution in [1.29, 1.82) is 0 Å². The minimum absolute atomic E-state index is 0.00466. The Kier molecular flexibility index (Phi) is 6.68. The Morgan fingerprint density at radius 3 is 2.15 bits per heavy atom. The molecule has 202 valence electrons. The van der Waals surface area contributed by atoms with Gasteiger partial charge in [-0.3, -0.25) is 9.97 Å². The van der Waals surface area contributed by atoms with Crippen LogP contribution in [0.5, 0.6) is 0 Å². The van der Waals surface area contributed by atoms with Crippen molar-refractivity contribution in [2.24, 2.45) is 0 Å². The minimum atomic E-state index is -0.628. The summed E-state index contributed by atoms with van der Waals surface area (Å²) in [4.78, 5) is 21.7. The Morgan fingerprint density at radius 2 is 1.50 bits per heavy atom. The molecule has 3 aromatic carbocycles. The van der Waals surface area contributed by atoms with E-state index >= 15 is 0 Å². The number of ether oxygens (including phenoxy) is 1. The molecule has 0 radical (unpaired) electrons.